The van der Waals surface area contributed by atoms with E-state index < -0.39 is 0 Å². The lowest BCUT2D eigenvalue weighted by molar-refractivity contribution is -0.153. The molecule has 3 rings (SSSR count). The third-order valence-corrected chi connectivity index (χ3v) is 4.67. The highest BCUT2D eigenvalue weighted by Gasteiger charge is 2.43. The molecular weight excluding hydrogens is 262 g/mol. The fraction of sp³-hybridized carbons (Fsp3) is 0.667. The molecule has 0 radical (unpaired) electrons. The van der Waals surface area contributed by atoms with Crippen LogP contribution in [0, 0.1) is 0 Å². The van der Waals surface area contributed by atoms with Crippen LogP contribution in [0.15, 0.2) is 24.3 Å². The number of hydrogen-bond acceptors (Lipinski definition) is 3. The summed E-state index contributed by atoms with van der Waals surface area (Å²) in [6, 6.07) is 8.50. The number of rotatable bonds is 6. The third kappa shape index (κ3) is 3.78. The summed E-state index contributed by atoms with van der Waals surface area (Å²) in [7, 11) is 0. The topological polar surface area (TPSA) is 30.5 Å². The van der Waals surface area contributed by atoms with E-state index in [1.807, 2.05) is 0 Å². The van der Waals surface area contributed by atoms with Crippen LogP contribution in [0.25, 0.3) is 0 Å². The van der Waals surface area contributed by atoms with E-state index in [4.69, 9.17) is 9.47 Å². The van der Waals surface area contributed by atoms with Crippen molar-refractivity contribution in [2.75, 3.05) is 13.2 Å². The van der Waals surface area contributed by atoms with Crippen LogP contribution >= 0.6 is 0 Å². The van der Waals surface area contributed by atoms with E-state index >= 15 is 0 Å². The molecule has 21 heavy (non-hydrogen) atoms. The van der Waals surface area contributed by atoms with Crippen LogP contribution in [0.3, 0.4) is 0 Å². The molecule has 1 aliphatic carbocycles. The van der Waals surface area contributed by atoms with Crippen molar-refractivity contribution in [3.05, 3.63) is 29.8 Å². The maximum absolute atomic E-state index is 6.23. The van der Waals surface area contributed by atoms with Gasteiger partial charge in [0.25, 0.3) is 0 Å². The van der Waals surface area contributed by atoms with Crippen molar-refractivity contribution in [2.24, 2.45) is 0 Å². The summed E-state index contributed by atoms with van der Waals surface area (Å²) < 4.78 is 12.2. The van der Waals surface area contributed by atoms with E-state index in [0.29, 0.717) is 6.10 Å². The smallest absolute Gasteiger partial charge is 0.120 e. The van der Waals surface area contributed by atoms with E-state index in [2.05, 4.69) is 36.5 Å². The van der Waals surface area contributed by atoms with Gasteiger partial charge in [0.05, 0.1) is 12.2 Å². The fourth-order valence-electron chi connectivity index (χ4n) is 3.33. The lowest BCUT2D eigenvalue weighted by atomic mass is 9.74. The van der Waals surface area contributed by atoms with Crippen molar-refractivity contribution in [1.82, 2.24) is 5.32 Å². The number of ether oxygens (including phenoxy) is 2. The Bertz CT molecular complexity index is 456. The zero-order valence-corrected chi connectivity index (χ0v) is 13.1. The largest absolute Gasteiger partial charge is 0.490 e. The molecular formula is C18H27NO2. The zero-order chi connectivity index (χ0) is 14.5. The maximum Gasteiger partial charge on any atom is 0.120 e. The Morgan fingerprint density at radius 3 is 3.05 bits per heavy atom. The van der Waals surface area contributed by atoms with E-state index in [0.717, 1.165) is 38.3 Å². The second-order valence-corrected chi connectivity index (χ2v) is 6.44. The van der Waals surface area contributed by atoms with Gasteiger partial charge in [-0.2, -0.15) is 0 Å². The minimum Gasteiger partial charge on any atom is -0.490 e. The molecule has 1 aliphatic heterocycles. The van der Waals surface area contributed by atoms with Crippen LogP contribution < -0.4 is 10.1 Å². The predicted molar refractivity (Wildman–Crippen MR) is 84.6 cm³/mol. The average Bonchev–Trinajstić information content (AvgIpc) is 2.47. The third-order valence-electron chi connectivity index (χ3n) is 4.67. The first-order valence-electron chi connectivity index (χ1n) is 8.40. The molecule has 1 aromatic rings. The molecule has 1 saturated carbocycles. The minimum atomic E-state index is 0.156. The Balaban J connectivity index is 1.55. The van der Waals surface area contributed by atoms with Crippen LogP contribution in [0.2, 0.25) is 0 Å². The highest BCUT2D eigenvalue weighted by Crippen LogP contribution is 2.43. The van der Waals surface area contributed by atoms with Crippen LogP contribution in [-0.2, 0) is 11.3 Å². The first-order chi connectivity index (χ1) is 10.3. The second-order valence-electron chi connectivity index (χ2n) is 6.44. The SMILES string of the molecule is CCCNCc1cccc(OC2CCOC3(CCC3)C2)c1. The summed E-state index contributed by atoms with van der Waals surface area (Å²) in [4.78, 5) is 0. The molecule has 116 valence electrons. The molecule has 0 amide bonds. The van der Waals surface area contributed by atoms with Gasteiger partial charge in [-0.05, 0) is 49.9 Å². The van der Waals surface area contributed by atoms with Crippen molar-refractivity contribution in [3.63, 3.8) is 0 Å². The van der Waals surface area contributed by atoms with Gasteiger partial charge in [0.15, 0.2) is 0 Å². The van der Waals surface area contributed by atoms with Crippen LogP contribution in [-0.4, -0.2) is 24.9 Å². The Hall–Kier alpha value is -1.06. The molecule has 0 aromatic heterocycles. The predicted octanol–water partition coefficient (Wildman–Crippen LogP) is 3.67. The lowest BCUT2D eigenvalue weighted by Gasteiger charge is -2.46. The first kappa shape index (κ1) is 14.9. The van der Waals surface area contributed by atoms with Gasteiger partial charge in [0.1, 0.15) is 11.9 Å². The van der Waals surface area contributed by atoms with Crippen LogP contribution in [0.1, 0.15) is 51.0 Å². The van der Waals surface area contributed by atoms with Gasteiger partial charge < -0.3 is 14.8 Å². The van der Waals surface area contributed by atoms with Gasteiger partial charge in [-0.3, -0.25) is 0 Å². The van der Waals surface area contributed by atoms with Gasteiger partial charge in [-0.1, -0.05) is 19.1 Å². The Morgan fingerprint density at radius 1 is 1.38 bits per heavy atom. The molecule has 2 aliphatic rings. The van der Waals surface area contributed by atoms with Crippen molar-refractivity contribution in [3.8, 4) is 5.75 Å². The molecule has 3 heteroatoms. The summed E-state index contributed by atoms with van der Waals surface area (Å²) in [5.74, 6) is 1.01. The fourth-order valence-corrected chi connectivity index (χ4v) is 3.33. The quantitative estimate of drug-likeness (QED) is 0.811. The highest BCUT2D eigenvalue weighted by molar-refractivity contribution is 5.28. The van der Waals surface area contributed by atoms with Crippen LogP contribution in [0.4, 0.5) is 0 Å². The zero-order valence-electron chi connectivity index (χ0n) is 13.1. The van der Waals surface area contributed by atoms with E-state index in [9.17, 15) is 0 Å². The van der Waals surface area contributed by atoms with Gasteiger partial charge in [-0.25, -0.2) is 0 Å². The molecule has 1 spiro atoms. The van der Waals surface area contributed by atoms with E-state index in [1.54, 1.807) is 0 Å². The van der Waals surface area contributed by atoms with Gasteiger partial charge >= 0.3 is 0 Å². The molecule has 1 saturated heterocycles. The standard InChI is InChI=1S/C18H27NO2/c1-2-10-19-14-15-5-3-6-16(12-15)21-17-7-11-20-18(13-17)8-4-9-18/h3,5-6,12,17,19H,2,4,7-11,13-14H2,1H3. The van der Waals surface area contributed by atoms with E-state index in [-0.39, 0.29) is 5.60 Å². The number of benzene rings is 1. The first-order valence-corrected chi connectivity index (χ1v) is 8.40. The summed E-state index contributed by atoms with van der Waals surface area (Å²) in [6.07, 6.45) is 7.30. The van der Waals surface area contributed by atoms with Crippen LogP contribution in [0.5, 0.6) is 5.75 Å². The molecule has 1 N–H and O–H groups in total. The monoisotopic (exact) mass is 289 g/mol. The molecule has 1 heterocycles. The Labute approximate surface area is 128 Å². The second kappa shape index (κ2) is 6.80. The highest BCUT2D eigenvalue weighted by atomic mass is 16.5. The molecule has 1 unspecified atom stereocenters. The lowest BCUT2D eigenvalue weighted by Crippen LogP contribution is -2.48. The molecule has 1 aromatic carbocycles. The number of nitrogens with one attached hydrogen (secondary N) is 1. The molecule has 2 fully saturated rings. The molecule has 3 nitrogen and oxygen atoms in total. The maximum atomic E-state index is 6.23. The Morgan fingerprint density at radius 2 is 2.29 bits per heavy atom. The summed E-state index contributed by atoms with van der Waals surface area (Å²) in [5, 5.41) is 3.44. The van der Waals surface area contributed by atoms with Gasteiger partial charge in [0, 0.05) is 19.4 Å². The number of hydrogen-bond donors (Lipinski definition) is 1. The van der Waals surface area contributed by atoms with Crippen molar-refractivity contribution < 1.29 is 9.47 Å². The Kier molecular flexibility index (Phi) is 4.81. The summed E-state index contributed by atoms with van der Waals surface area (Å²) in [5.41, 5.74) is 1.45. The van der Waals surface area contributed by atoms with Gasteiger partial charge in [0.2, 0.25) is 0 Å². The van der Waals surface area contributed by atoms with Crippen molar-refractivity contribution in [1.29, 1.82) is 0 Å². The average molecular weight is 289 g/mol. The molecule has 0 bridgehead atoms. The summed E-state index contributed by atoms with van der Waals surface area (Å²) in [6.45, 7) is 5.02. The van der Waals surface area contributed by atoms with Crippen molar-refractivity contribution in [2.45, 2.75) is 63.7 Å². The van der Waals surface area contributed by atoms with E-state index in [1.165, 1.54) is 31.2 Å². The van der Waals surface area contributed by atoms with Crippen molar-refractivity contribution >= 4 is 0 Å². The normalized spacial score (nSPS) is 23.8. The summed E-state index contributed by atoms with van der Waals surface area (Å²) >= 11 is 0. The minimum absolute atomic E-state index is 0.156. The molecule has 1 atom stereocenters. The van der Waals surface area contributed by atoms with Gasteiger partial charge in [-0.15, -0.1) is 0 Å².